The average molecular weight is 419 g/mol. The first kappa shape index (κ1) is 23.2. The Morgan fingerprint density at radius 3 is 2.28 bits per heavy atom. The zero-order valence-electron chi connectivity index (χ0n) is 18.0. The van der Waals surface area contributed by atoms with Crippen molar-refractivity contribution in [3.05, 3.63) is 63.7 Å². The minimum Gasteiger partial charge on any atom is -0.489 e. The normalized spacial score (nSPS) is 11.8. The molecule has 0 unspecified atom stereocenters. The molecule has 2 aromatic rings. The molecule has 0 saturated heterocycles. The molecule has 0 fully saturated rings. The fourth-order valence-corrected chi connectivity index (χ4v) is 3.32. The van der Waals surface area contributed by atoms with E-state index in [4.69, 9.17) is 21.7 Å². The molecule has 0 aliphatic heterocycles. The van der Waals surface area contributed by atoms with Gasteiger partial charge in [0.25, 0.3) is 5.79 Å². The lowest BCUT2D eigenvalue weighted by atomic mass is 9.96. The Bertz CT molecular complexity index is 876. The Morgan fingerprint density at radius 1 is 1.07 bits per heavy atom. The summed E-state index contributed by atoms with van der Waals surface area (Å²) in [5.74, 6) is -1.38. The Balaban J connectivity index is 2.42. The third-order valence-electron chi connectivity index (χ3n) is 4.93. The second kappa shape index (κ2) is 9.16. The van der Waals surface area contributed by atoms with Crippen molar-refractivity contribution in [3.8, 4) is 5.75 Å². The lowest BCUT2D eigenvalue weighted by Crippen LogP contribution is -2.43. The molecule has 0 radical (unpaired) electrons. The molecule has 0 atom stereocenters. The SMILES string of the molecule is CC(C)c1ccc(C(C)C)c(OCc2cc(Cl)ccc2C(O)(O)C(=N)N(C)C)c1. The molecule has 6 heteroatoms. The summed E-state index contributed by atoms with van der Waals surface area (Å²) >= 11 is 6.16. The number of likely N-dealkylation sites (N-methyl/N-ethyl adjacent to an activating group) is 1. The first-order valence-electron chi connectivity index (χ1n) is 9.71. The van der Waals surface area contributed by atoms with Gasteiger partial charge in [-0.2, -0.15) is 0 Å². The van der Waals surface area contributed by atoms with Gasteiger partial charge in [-0.1, -0.05) is 57.5 Å². The molecule has 158 valence electrons. The number of halogens is 1. The first-order valence-corrected chi connectivity index (χ1v) is 10.1. The van der Waals surface area contributed by atoms with Gasteiger partial charge < -0.3 is 19.8 Å². The summed E-state index contributed by atoms with van der Waals surface area (Å²) in [6.45, 7) is 8.56. The summed E-state index contributed by atoms with van der Waals surface area (Å²) < 4.78 is 6.14. The zero-order chi connectivity index (χ0) is 21.9. The third-order valence-corrected chi connectivity index (χ3v) is 5.16. The van der Waals surface area contributed by atoms with Gasteiger partial charge in [-0.05, 0) is 46.7 Å². The number of ether oxygens (including phenoxy) is 1. The van der Waals surface area contributed by atoms with Crippen LogP contribution in [-0.2, 0) is 12.4 Å². The highest BCUT2D eigenvalue weighted by Crippen LogP contribution is 2.32. The molecule has 0 saturated carbocycles. The maximum Gasteiger partial charge on any atom is 0.250 e. The van der Waals surface area contributed by atoms with E-state index in [1.807, 2.05) is 6.07 Å². The van der Waals surface area contributed by atoms with Crippen molar-refractivity contribution in [3.63, 3.8) is 0 Å². The minimum absolute atomic E-state index is 0.0980. The standard InChI is InChI=1S/C23H31ClN2O3/c1-14(2)16-7-9-19(15(3)4)21(12-16)29-13-17-11-18(24)8-10-20(17)23(27,28)22(25)26(5)6/h7-12,14-15,25,27-28H,13H2,1-6H3. The second-order valence-electron chi connectivity index (χ2n) is 8.11. The predicted molar refractivity (Wildman–Crippen MR) is 118 cm³/mol. The van der Waals surface area contributed by atoms with Crippen LogP contribution in [0.2, 0.25) is 5.02 Å². The Kier molecular flexibility index (Phi) is 7.33. The van der Waals surface area contributed by atoms with Crippen LogP contribution in [0.5, 0.6) is 5.75 Å². The summed E-state index contributed by atoms with van der Waals surface area (Å²) in [6.07, 6.45) is 0. The van der Waals surface area contributed by atoms with E-state index in [0.717, 1.165) is 11.3 Å². The molecule has 0 aromatic heterocycles. The highest BCUT2D eigenvalue weighted by molar-refractivity contribution is 6.30. The van der Waals surface area contributed by atoms with Crippen molar-refractivity contribution in [2.75, 3.05) is 14.1 Å². The predicted octanol–water partition coefficient (Wildman–Crippen LogP) is 4.84. The Hall–Kier alpha value is -2.08. The van der Waals surface area contributed by atoms with Crippen LogP contribution in [-0.4, -0.2) is 35.0 Å². The van der Waals surface area contributed by atoms with Gasteiger partial charge in [0.2, 0.25) is 0 Å². The van der Waals surface area contributed by atoms with Crippen molar-refractivity contribution < 1.29 is 14.9 Å². The summed E-state index contributed by atoms with van der Waals surface area (Å²) in [5, 5.41) is 29.8. The van der Waals surface area contributed by atoms with Crippen molar-refractivity contribution in [2.24, 2.45) is 0 Å². The fourth-order valence-electron chi connectivity index (χ4n) is 3.13. The van der Waals surface area contributed by atoms with Gasteiger partial charge in [0.05, 0.1) is 0 Å². The van der Waals surface area contributed by atoms with E-state index in [9.17, 15) is 10.2 Å². The van der Waals surface area contributed by atoms with Crippen molar-refractivity contribution in [1.29, 1.82) is 5.41 Å². The maximum absolute atomic E-state index is 10.6. The van der Waals surface area contributed by atoms with E-state index in [1.54, 1.807) is 26.2 Å². The van der Waals surface area contributed by atoms with Gasteiger partial charge >= 0.3 is 0 Å². The van der Waals surface area contributed by atoms with Gasteiger partial charge in [-0.25, -0.2) is 0 Å². The zero-order valence-corrected chi connectivity index (χ0v) is 18.7. The monoisotopic (exact) mass is 418 g/mol. The van der Waals surface area contributed by atoms with Crippen LogP contribution < -0.4 is 4.74 Å². The molecule has 3 N–H and O–H groups in total. The van der Waals surface area contributed by atoms with Gasteiger partial charge in [-0.15, -0.1) is 0 Å². The smallest absolute Gasteiger partial charge is 0.250 e. The molecular formula is C23H31ClN2O3. The van der Waals surface area contributed by atoms with E-state index in [2.05, 4.69) is 39.8 Å². The number of benzene rings is 2. The van der Waals surface area contributed by atoms with E-state index in [-0.39, 0.29) is 23.9 Å². The second-order valence-corrected chi connectivity index (χ2v) is 8.55. The van der Waals surface area contributed by atoms with Gasteiger partial charge in [-0.3, -0.25) is 5.41 Å². The van der Waals surface area contributed by atoms with Crippen molar-refractivity contribution >= 4 is 17.4 Å². The number of amidine groups is 1. The van der Waals surface area contributed by atoms with Crippen LogP contribution >= 0.6 is 11.6 Å². The Labute approximate surface area is 178 Å². The summed E-state index contributed by atoms with van der Waals surface area (Å²) in [4.78, 5) is 1.35. The Morgan fingerprint density at radius 2 is 1.72 bits per heavy atom. The summed E-state index contributed by atoms with van der Waals surface area (Å²) in [6, 6.07) is 11.0. The van der Waals surface area contributed by atoms with Crippen LogP contribution in [0, 0.1) is 5.41 Å². The van der Waals surface area contributed by atoms with Crippen LogP contribution in [0.3, 0.4) is 0 Å². The number of nitrogens with one attached hydrogen (secondary N) is 1. The van der Waals surface area contributed by atoms with Crippen LogP contribution in [0.15, 0.2) is 36.4 Å². The van der Waals surface area contributed by atoms with Gasteiger partial charge in [0.15, 0.2) is 5.84 Å². The molecule has 29 heavy (non-hydrogen) atoms. The highest BCUT2D eigenvalue weighted by atomic mass is 35.5. The molecule has 0 bridgehead atoms. The van der Waals surface area contributed by atoms with Crippen molar-refractivity contribution in [2.45, 2.75) is 51.9 Å². The molecule has 2 rings (SSSR count). The largest absolute Gasteiger partial charge is 0.489 e. The first-order chi connectivity index (χ1) is 13.4. The lowest BCUT2D eigenvalue weighted by Gasteiger charge is -2.29. The topological polar surface area (TPSA) is 76.8 Å². The molecule has 0 spiro atoms. The number of hydrogen-bond donors (Lipinski definition) is 3. The van der Waals surface area contributed by atoms with Crippen LogP contribution in [0.25, 0.3) is 0 Å². The lowest BCUT2D eigenvalue weighted by molar-refractivity contribution is -0.114. The molecular weight excluding hydrogens is 388 g/mol. The third kappa shape index (κ3) is 5.30. The number of hydrogen-bond acceptors (Lipinski definition) is 4. The number of nitrogens with zero attached hydrogens (tertiary/aromatic N) is 1. The number of aliphatic hydroxyl groups is 2. The molecule has 0 aliphatic rings. The quantitative estimate of drug-likeness (QED) is 0.341. The van der Waals surface area contributed by atoms with Crippen LogP contribution in [0.4, 0.5) is 0 Å². The molecule has 0 aliphatic carbocycles. The highest BCUT2D eigenvalue weighted by Gasteiger charge is 2.35. The van der Waals surface area contributed by atoms with Crippen molar-refractivity contribution in [1.82, 2.24) is 4.90 Å². The van der Waals surface area contributed by atoms with E-state index in [0.29, 0.717) is 16.5 Å². The molecule has 0 heterocycles. The van der Waals surface area contributed by atoms with E-state index < -0.39 is 5.79 Å². The fraction of sp³-hybridized carbons (Fsp3) is 0.435. The summed E-state index contributed by atoms with van der Waals surface area (Å²) in [5.41, 5.74) is 2.94. The van der Waals surface area contributed by atoms with E-state index >= 15 is 0 Å². The maximum atomic E-state index is 10.6. The van der Waals surface area contributed by atoms with Gasteiger partial charge in [0.1, 0.15) is 12.4 Å². The van der Waals surface area contributed by atoms with Crippen LogP contribution in [0.1, 0.15) is 61.8 Å². The summed E-state index contributed by atoms with van der Waals surface area (Å²) in [7, 11) is 3.17. The molecule has 5 nitrogen and oxygen atoms in total. The van der Waals surface area contributed by atoms with Gasteiger partial charge in [0, 0.05) is 24.7 Å². The number of rotatable bonds is 7. The molecule has 0 amide bonds. The average Bonchev–Trinajstić information content (AvgIpc) is 2.64. The minimum atomic E-state index is -2.45. The molecule has 2 aromatic carbocycles. The van der Waals surface area contributed by atoms with E-state index in [1.165, 1.54) is 16.5 Å².